The lowest BCUT2D eigenvalue weighted by Gasteiger charge is -2.06. The molecule has 0 saturated carbocycles. The Bertz CT molecular complexity index is 692. The van der Waals surface area contributed by atoms with Crippen LogP contribution in [0.4, 0.5) is 0 Å². The van der Waals surface area contributed by atoms with Gasteiger partial charge in [0.15, 0.2) is 6.61 Å². The van der Waals surface area contributed by atoms with Crippen LogP contribution in [0.1, 0.15) is 30.9 Å². The molecule has 0 spiro atoms. The van der Waals surface area contributed by atoms with Crippen molar-refractivity contribution in [2.24, 2.45) is 5.10 Å². The summed E-state index contributed by atoms with van der Waals surface area (Å²) in [5.74, 6) is 0.391. The fourth-order valence-electron chi connectivity index (χ4n) is 2.18. The molecule has 0 atom stereocenters. The summed E-state index contributed by atoms with van der Waals surface area (Å²) in [7, 11) is 0. The normalized spacial score (nSPS) is 11.1. The number of aryl methyl sites for hydroxylation is 1. The number of nitrogens with one attached hydrogen (secondary N) is 1. The molecule has 4 nitrogen and oxygen atoms in total. The molecule has 1 N–H and O–H groups in total. The standard InChI is InChI=1S/C21H24N2O2/c1-2-3-8-19-12-14-20(15-13-19)25-17-21(24)23-22-16-7-11-18-9-5-4-6-10-18/h4-7,9-16H,2-3,8,17H2,1H3,(H,23,24)/b11-7+,22-16+. The van der Waals surface area contributed by atoms with E-state index in [1.807, 2.05) is 60.7 Å². The zero-order valence-corrected chi connectivity index (χ0v) is 14.5. The lowest BCUT2D eigenvalue weighted by Crippen LogP contribution is -2.24. The zero-order valence-electron chi connectivity index (χ0n) is 14.5. The van der Waals surface area contributed by atoms with Crippen molar-refractivity contribution in [3.05, 3.63) is 71.8 Å². The van der Waals surface area contributed by atoms with E-state index in [9.17, 15) is 4.79 Å². The van der Waals surface area contributed by atoms with Gasteiger partial charge in [-0.25, -0.2) is 5.43 Å². The van der Waals surface area contributed by atoms with Gasteiger partial charge in [0, 0.05) is 6.21 Å². The van der Waals surface area contributed by atoms with Gasteiger partial charge in [0.25, 0.3) is 5.91 Å². The minimum absolute atomic E-state index is 0.0615. The third-order valence-corrected chi connectivity index (χ3v) is 3.55. The van der Waals surface area contributed by atoms with Crippen LogP contribution in [0.2, 0.25) is 0 Å². The highest BCUT2D eigenvalue weighted by molar-refractivity contribution is 5.81. The third kappa shape index (κ3) is 7.48. The molecule has 0 aliphatic carbocycles. The first kappa shape index (κ1) is 18.5. The number of hydrogen-bond donors (Lipinski definition) is 1. The Morgan fingerprint density at radius 2 is 1.88 bits per heavy atom. The number of rotatable bonds is 9. The smallest absolute Gasteiger partial charge is 0.277 e. The molecule has 0 saturated heterocycles. The summed E-state index contributed by atoms with van der Waals surface area (Å²) < 4.78 is 5.45. The highest BCUT2D eigenvalue weighted by Gasteiger charge is 2.01. The van der Waals surface area contributed by atoms with Gasteiger partial charge in [-0.15, -0.1) is 0 Å². The number of unbranched alkanes of at least 4 members (excludes halogenated alkanes) is 1. The number of carbonyl (C=O) groups excluding carboxylic acids is 1. The number of nitrogens with zero attached hydrogens (tertiary/aromatic N) is 1. The van der Waals surface area contributed by atoms with E-state index in [2.05, 4.69) is 17.5 Å². The second kappa shape index (κ2) is 10.8. The highest BCUT2D eigenvalue weighted by atomic mass is 16.5. The van der Waals surface area contributed by atoms with Crippen LogP contribution in [0.15, 0.2) is 65.8 Å². The SMILES string of the molecule is CCCCc1ccc(OCC(=O)N/N=C/C=C/c2ccccc2)cc1. The van der Waals surface area contributed by atoms with Crippen molar-refractivity contribution in [2.75, 3.05) is 6.61 Å². The summed E-state index contributed by atoms with van der Waals surface area (Å²) in [6.45, 7) is 2.12. The molecule has 2 aromatic rings. The topological polar surface area (TPSA) is 50.7 Å². The van der Waals surface area contributed by atoms with Crippen LogP contribution in [0.3, 0.4) is 0 Å². The summed E-state index contributed by atoms with van der Waals surface area (Å²) in [5, 5.41) is 3.86. The van der Waals surface area contributed by atoms with Gasteiger partial charge in [-0.1, -0.05) is 61.9 Å². The van der Waals surface area contributed by atoms with E-state index in [0.717, 1.165) is 12.0 Å². The molecule has 1 amide bonds. The van der Waals surface area contributed by atoms with Crippen LogP contribution in [0.25, 0.3) is 6.08 Å². The van der Waals surface area contributed by atoms with Crippen molar-refractivity contribution < 1.29 is 9.53 Å². The fraction of sp³-hybridized carbons (Fsp3) is 0.238. The van der Waals surface area contributed by atoms with Gasteiger partial charge < -0.3 is 4.74 Å². The molecule has 0 aliphatic rings. The van der Waals surface area contributed by atoms with Gasteiger partial charge in [-0.3, -0.25) is 4.79 Å². The van der Waals surface area contributed by atoms with E-state index in [4.69, 9.17) is 4.74 Å². The van der Waals surface area contributed by atoms with Gasteiger partial charge in [0.2, 0.25) is 0 Å². The maximum atomic E-state index is 11.7. The zero-order chi connectivity index (χ0) is 17.7. The fourth-order valence-corrected chi connectivity index (χ4v) is 2.18. The molecule has 25 heavy (non-hydrogen) atoms. The molecule has 2 rings (SSSR count). The summed E-state index contributed by atoms with van der Waals surface area (Å²) in [5.41, 5.74) is 4.79. The van der Waals surface area contributed by atoms with E-state index in [-0.39, 0.29) is 12.5 Å². The van der Waals surface area contributed by atoms with Crippen molar-refractivity contribution in [1.29, 1.82) is 0 Å². The predicted octanol–water partition coefficient (Wildman–Crippen LogP) is 4.22. The molecule has 2 aromatic carbocycles. The second-order valence-electron chi connectivity index (χ2n) is 5.62. The van der Waals surface area contributed by atoms with E-state index < -0.39 is 0 Å². The van der Waals surface area contributed by atoms with Crippen molar-refractivity contribution in [3.63, 3.8) is 0 Å². The first-order valence-electron chi connectivity index (χ1n) is 8.53. The number of carbonyl (C=O) groups is 1. The quantitative estimate of drug-likeness (QED) is 0.550. The maximum absolute atomic E-state index is 11.7. The molecule has 0 bridgehead atoms. The molecular formula is C21H24N2O2. The Hall–Kier alpha value is -2.88. The first-order chi connectivity index (χ1) is 12.3. The van der Waals surface area contributed by atoms with Gasteiger partial charge in [-0.05, 0) is 42.2 Å². The third-order valence-electron chi connectivity index (χ3n) is 3.55. The summed E-state index contributed by atoms with van der Waals surface area (Å²) in [4.78, 5) is 11.7. The van der Waals surface area contributed by atoms with Crippen LogP contribution in [-0.4, -0.2) is 18.7 Å². The molecule has 0 fully saturated rings. The summed E-state index contributed by atoms with van der Waals surface area (Å²) >= 11 is 0. The lowest BCUT2D eigenvalue weighted by atomic mass is 10.1. The second-order valence-corrected chi connectivity index (χ2v) is 5.62. The van der Waals surface area contributed by atoms with E-state index in [1.54, 1.807) is 6.08 Å². The average Bonchev–Trinajstić information content (AvgIpc) is 2.66. The van der Waals surface area contributed by atoms with E-state index in [1.165, 1.54) is 24.6 Å². The largest absolute Gasteiger partial charge is 0.484 e. The minimum Gasteiger partial charge on any atom is -0.484 e. The number of allylic oxidation sites excluding steroid dienone is 1. The summed E-state index contributed by atoms with van der Waals surface area (Å²) in [6, 6.07) is 17.7. The number of benzene rings is 2. The molecular weight excluding hydrogens is 312 g/mol. The molecule has 130 valence electrons. The highest BCUT2D eigenvalue weighted by Crippen LogP contribution is 2.13. The van der Waals surface area contributed by atoms with Crippen LogP contribution >= 0.6 is 0 Å². The Balaban J connectivity index is 1.68. The molecule has 4 heteroatoms. The number of amides is 1. The van der Waals surface area contributed by atoms with Gasteiger partial charge in [0.1, 0.15) is 5.75 Å². The Labute approximate surface area is 149 Å². The predicted molar refractivity (Wildman–Crippen MR) is 103 cm³/mol. The van der Waals surface area contributed by atoms with Crippen LogP contribution in [-0.2, 0) is 11.2 Å². The monoisotopic (exact) mass is 336 g/mol. The number of hydrogen-bond acceptors (Lipinski definition) is 3. The molecule has 0 unspecified atom stereocenters. The van der Waals surface area contributed by atoms with Crippen LogP contribution < -0.4 is 10.2 Å². The van der Waals surface area contributed by atoms with Crippen molar-refractivity contribution in [1.82, 2.24) is 5.43 Å². The number of hydrazone groups is 1. The van der Waals surface area contributed by atoms with Crippen molar-refractivity contribution in [3.8, 4) is 5.75 Å². The Kier molecular flexibility index (Phi) is 7.98. The Morgan fingerprint density at radius 3 is 2.60 bits per heavy atom. The molecule has 0 heterocycles. The van der Waals surface area contributed by atoms with E-state index in [0.29, 0.717) is 5.75 Å². The Morgan fingerprint density at radius 1 is 1.12 bits per heavy atom. The van der Waals surface area contributed by atoms with Gasteiger partial charge >= 0.3 is 0 Å². The minimum atomic E-state index is -0.292. The van der Waals surface area contributed by atoms with E-state index >= 15 is 0 Å². The van der Waals surface area contributed by atoms with Gasteiger partial charge in [0.05, 0.1) is 0 Å². The molecule has 0 aromatic heterocycles. The van der Waals surface area contributed by atoms with Crippen molar-refractivity contribution in [2.45, 2.75) is 26.2 Å². The number of ether oxygens (including phenoxy) is 1. The van der Waals surface area contributed by atoms with Gasteiger partial charge in [-0.2, -0.15) is 5.10 Å². The molecule has 0 aliphatic heterocycles. The summed E-state index contributed by atoms with van der Waals surface area (Å²) in [6.07, 6.45) is 8.65. The first-order valence-corrected chi connectivity index (χ1v) is 8.53. The van der Waals surface area contributed by atoms with Crippen LogP contribution in [0, 0.1) is 0 Å². The molecule has 0 radical (unpaired) electrons. The van der Waals surface area contributed by atoms with Crippen molar-refractivity contribution >= 4 is 18.2 Å². The maximum Gasteiger partial charge on any atom is 0.277 e. The van der Waals surface area contributed by atoms with Crippen LogP contribution in [0.5, 0.6) is 5.75 Å². The average molecular weight is 336 g/mol. The lowest BCUT2D eigenvalue weighted by molar-refractivity contribution is -0.123.